The van der Waals surface area contributed by atoms with Gasteiger partial charge in [0, 0.05) is 32.2 Å². The Morgan fingerprint density at radius 3 is 2.69 bits per heavy atom. The molecule has 1 aliphatic heterocycles. The smallest absolute Gasteiger partial charge is 0.253 e. The molecule has 4 heteroatoms. The zero-order valence-corrected chi connectivity index (χ0v) is 17.6. The van der Waals surface area contributed by atoms with Gasteiger partial charge in [0.2, 0.25) is 0 Å². The van der Waals surface area contributed by atoms with Crippen molar-refractivity contribution in [3.63, 3.8) is 0 Å². The van der Waals surface area contributed by atoms with Crippen molar-refractivity contribution in [2.45, 2.75) is 38.1 Å². The van der Waals surface area contributed by atoms with Crippen LogP contribution in [0.25, 0.3) is 0 Å². The van der Waals surface area contributed by atoms with Crippen LogP contribution >= 0.6 is 0 Å². The highest BCUT2D eigenvalue weighted by atomic mass is 16.1. The molecule has 0 radical (unpaired) electrons. The number of amides is 1. The molecule has 1 heterocycles. The predicted molar refractivity (Wildman–Crippen MR) is 121 cm³/mol. The minimum absolute atomic E-state index is 0.0185. The van der Waals surface area contributed by atoms with Crippen molar-refractivity contribution >= 4 is 17.3 Å². The van der Waals surface area contributed by atoms with Gasteiger partial charge in [0.15, 0.2) is 0 Å². The molecule has 2 aromatic rings. The van der Waals surface area contributed by atoms with Crippen LogP contribution in [0.4, 0.5) is 11.4 Å². The summed E-state index contributed by atoms with van der Waals surface area (Å²) in [5, 5.41) is 6.84. The molecular formula is C25H31N3O. The third-order valence-corrected chi connectivity index (χ3v) is 6.23. The van der Waals surface area contributed by atoms with Crippen LogP contribution in [-0.2, 0) is 0 Å². The van der Waals surface area contributed by atoms with Gasteiger partial charge >= 0.3 is 0 Å². The number of rotatable bonds is 6. The summed E-state index contributed by atoms with van der Waals surface area (Å²) in [6.45, 7) is 2.86. The van der Waals surface area contributed by atoms with Crippen molar-refractivity contribution in [3.05, 3.63) is 71.3 Å². The molecule has 152 valence electrons. The second kappa shape index (κ2) is 8.32. The first-order valence-electron chi connectivity index (χ1n) is 10.7. The third-order valence-electron chi connectivity index (χ3n) is 6.23. The number of carbonyl (C=O) groups excluding carboxylic acids is 1. The highest BCUT2D eigenvalue weighted by Crippen LogP contribution is 2.50. The summed E-state index contributed by atoms with van der Waals surface area (Å²) in [7, 11) is 4.12. The van der Waals surface area contributed by atoms with Gasteiger partial charge in [0.05, 0.1) is 17.3 Å². The van der Waals surface area contributed by atoms with E-state index in [0.29, 0.717) is 11.8 Å². The SMILES string of the molecule is CCCCNC(=O)c1cccc2c1NC(c1ccc(N(C)C)cc1)C1CC=CC21. The number of allylic oxidation sites excluding steroid dienone is 2. The quantitative estimate of drug-likeness (QED) is 0.533. The second-order valence-electron chi connectivity index (χ2n) is 8.34. The molecule has 4 rings (SSSR count). The van der Waals surface area contributed by atoms with Crippen molar-refractivity contribution in [1.82, 2.24) is 5.32 Å². The summed E-state index contributed by atoms with van der Waals surface area (Å²) < 4.78 is 0. The van der Waals surface area contributed by atoms with Gasteiger partial charge in [0.1, 0.15) is 0 Å². The Hall–Kier alpha value is -2.75. The summed E-state index contributed by atoms with van der Waals surface area (Å²) in [4.78, 5) is 15.0. The van der Waals surface area contributed by atoms with Gasteiger partial charge in [-0.1, -0.05) is 49.8 Å². The van der Waals surface area contributed by atoms with Gasteiger partial charge < -0.3 is 15.5 Å². The molecule has 0 fully saturated rings. The van der Waals surface area contributed by atoms with Crippen molar-refractivity contribution in [2.75, 3.05) is 30.9 Å². The number of benzene rings is 2. The maximum Gasteiger partial charge on any atom is 0.253 e. The first kappa shape index (κ1) is 19.6. The summed E-state index contributed by atoms with van der Waals surface area (Å²) >= 11 is 0. The van der Waals surface area contributed by atoms with Crippen LogP contribution in [0.3, 0.4) is 0 Å². The first-order chi connectivity index (χ1) is 14.1. The molecule has 0 bridgehead atoms. The van der Waals surface area contributed by atoms with E-state index in [0.717, 1.165) is 37.1 Å². The molecule has 1 aliphatic carbocycles. The fourth-order valence-electron chi connectivity index (χ4n) is 4.59. The number of nitrogens with zero attached hydrogens (tertiary/aromatic N) is 1. The summed E-state index contributed by atoms with van der Waals surface area (Å²) in [5.74, 6) is 0.851. The largest absolute Gasteiger partial charge is 0.378 e. The lowest BCUT2D eigenvalue weighted by atomic mass is 9.76. The maximum absolute atomic E-state index is 12.9. The minimum Gasteiger partial charge on any atom is -0.378 e. The number of para-hydroxylation sites is 1. The van der Waals surface area contributed by atoms with E-state index >= 15 is 0 Å². The van der Waals surface area contributed by atoms with Crippen molar-refractivity contribution in [1.29, 1.82) is 0 Å². The molecule has 29 heavy (non-hydrogen) atoms. The third kappa shape index (κ3) is 3.76. The number of hydrogen-bond donors (Lipinski definition) is 2. The highest BCUT2D eigenvalue weighted by Gasteiger charge is 2.39. The van der Waals surface area contributed by atoms with Crippen LogP contribution in [-0.4, -0.2) is 26.5 Å². The Bertz CT molecular complexity index is 901. The van der Waals surface area contributed by atoms with Crippen molar-refractivity contribution in [2.24, 2.45) is 5.92 Å². The number of unbranched alkanes of at least 4 members (excludes halogenated alkanes) is 1. The van der Waals surface area contributed by atoms with E-state index in [-0.39, 0.29) is 11.9 Å². The zero-order valence-electron chi connectivity index (χ0n) is 17.6. The van der Waals surface area contributed by atoms with Gasteiger partial charge in [-0.15, -0.1) is 0 Å². The van der Waals surface area contributed by atoms with E-state index < -0.39 is 0 Å². The Morgan fingerprint density at radius 2 is 1.97 bits per heavy atom. The minimum atomic E-state index is 0.0185. The van der Waals surface area contributed by atoms with E-state index in [4.69, 9.17) is 0 Å². The highest BCUT2D eigenvalue weighted by molar-refractivity contribution is 6.00. The summed E-state index contributed by atoms with van der Waals surface area (Å²) in [5.41, 5.74) is 5.47. The van der Waals surface area contributed by atoms with E-state index in [2.05, 4.69) is 79.0 Å². The molecule has 0 spiro atoms. The molecule has 0 saturated heterocycles. The van der Waals surface area contributed by atoms with Crippen LogP contribution in [0.1, 0.15) is 59.6 Å². The molecule has 2 N–H and O–H groups in total. The molecular weight excluding hydrogens is 358 g/mol. The summed E-state index contributed by atoms with van der Waals surface area (Å²) in [6, 6.07) is 15.1. The maximum atomic E-state index is 12.9. The van der Waals surface area contributed by atoms with Gasteiger partial charge in [-0.2, -0.15) is 0 Å². The predicted octanol–water partition coefficient (Wildman–Crippen LogP) is 5.11. The average Bonchev–Trinajstić information content (AvgIpc) is 3.23. The van der Waals surface area contributed by atoms with Crippen molar-refractivity contribution < 1.29 is 4.79 Å². The number of nitrogens with one attached hydrogen (secondary N) is 2. The standard InChI is InChI=1S/C25H31N3O/c1-4-5-16-26-25(29)22-11-7-10-21-19-8-6-9-20(19)23(27-24(21)22)17-12-14-18(15-13-17)28(2)3/h6-8,10-15,19-20,23,27H,4-5,9,16H2,1-3H3,(H,26,29). The molecule has 3 unspecified atom stereocenters. The first-order valence-corrected chi connectivity index (χ1v) is 10.7. The number of hydrogen-bond acceptors (Lipinski definition) is 3. The van der Waals surface area contributed by atoms with E-state index in [1.165, 1.54) is 16.8 Å². The van der Waals surface area contributed by atoms with E-state index in [9.17, 15) is 4.79 Å². The Balaban J connectivity index is 1.67. The van der Waals surface area contributed by atoms with Gasteiger partial charge in [-0.3, -0.25) is 4.79 Å². The molecule has 1 amide bonds. The van der Waals surface area contributed by atoms with E-state index in [1.54, 1.807) is 0 Å². The molecule has 0 aromatic heterocycles. The van der Waals surface area contributed by atoms with Crippen molar-refractivity contribution in [3.8, 4) is 0 Å². The lowest BCUT2D eigenvalue weighted by Crippen LogP contribution is -2.32. The van der Waals surface area contributed by atoms with Gasteiger partial charge in [-0.05, 0) is 48.1 Å². The topological polar surface area (TPSA) is 44.4 Å². The van der Waals surface area contributed by atoms with Gasteiger partial charge in [-0.25, -0.2) is 0 Å². The lowest BCUT2D eigenvalue weighted by molar-refractivity contribution is 0.0953. The zero-order chi connectivity index (χ0) is 20.4. The van der Waals surface area contributed by atoms with Crippen LogP contribution in [0.2, 0.25) is 0 Å². The number of carbonyl (C=O) groups is 1. The monoisotopic (exact) mass is 389 g/mol. The van der Waals surface area contributed by atoms with Crippen LogP contribution in [0.15, 0.2) is 54.6 Å². The van der Waals surface area contributed by atoms with E-state index in [1.807, 2.05) is 12.1 Å². The Morgan fingerprint density at radius 1 is 1.17 bits per heavy atom. The molecule has 3 atom stereocenters. The average molecular weight is 390 g/mol. The molecule has 2 aromatic carbocycles. The van der Waals surface area contributed by atoms with Crippen LogP contribution in [0.5, 0.6) is 0 Å². The van der Waals surface area contributed by atoms with Crippen LogP contribution < -0.4 is 15.5 Å². The Kier molecular flexibility index (Phi) is 5.61. The Labute approximate surface area is 174 Å². The molecule has 2 aliphatic rings. The lowest BCUT2D eigenvalue weighted by Gasteiger charge is -2.38. The molecule has 4 nitrogen and oxygen atoms in total. The normalized spacial score (nSPS) is 21.8. The fraction of sp³-hybridized carbons (Fsp3) is 0.400. The van der Waals surface area contributed by atoms with Gasteiger partial charge in [0.25, 0.3) is 5.91 Å². The summed E-state index contributed by atoms with van der Waals surface area (Å²) in [6.07, 6.45) is 7.75. The van der Waals surface area contributed by atoms with Crippen LogP contribution in [0, 0.1) is 5.92 Å². The second-order valence-corrected chi connectivity index (χ2v) is 8.34. The number of anilines is 2. The fourth-order valence-corrected chi connectivity index (χ4v) is 4.59. The number of fused-ring (bicyclic) bond motifs is 3. The molecule has 0 saturated carbocycles.